The molecule has 2 amide bonds. The number of para-hydroxylation sites is 1. The Hall–Kier alpha value is -3.10. The second kappa shape index (κ2) is 9.09. The molecule has 1 aromatic heterocycles. The number of furan rings is 1. The average Bonchev–Trinajstić information content (AvgIpc) is 3.56. The van der Waals surface area contributed by atoms with Gasteiger partial charge in [0.05, 0.1) is 16.4 Å². The molecule has 3 heterocycles. The highest BCUT2D eigenvalue weighted by atomic mass is 79.9. The molecule has 0 unspecified atom stereocenters. The van der Waals surface area contributed by atoms with Crippen LogP contribution in [-0.2, 0) is 14.4 Å². The third-order valence-electron chi connectivity index (χ3n) is 6.33. The summed E-state index contributed by atoms with van der Waals surface area (Å²) in [5, 5.41) is 2.55. The SMILES string of the molecule is O=C1[C@H]2[C@@H](c3ccc(-c4ccc(Cl)cc4Cl)o3)N(c3ccccc3)O[C@H]2C(=O)N1c1ccc(Br)cc1. The topological polar surface area (TPSA) is 63.0 Å². The lowest BCUT2D eigenvalue weighted by Gasteiger charge is -2.27. The van der Waals surface area contributed by atoms with Gasteiger partial charge in [-0.2, -0.15) is 0 Å². The van der Waals surface area contributed by atoms with Crippen molar-refractivity contribution in [3.05, 3.63) is 105 Å². The third-order valence-corrected chi connectivity index (χ3v) is 7.40. The smallest absolute Gasteiger partial charge is 0.266 e. The van der Waals surface area contributed by atoms with E-state index in [1.165, 1.54) is 4.90 Å². The normalized spacial score (nSPS) is 21.4. The number of fused-ring (bicyclic) bond motifs is 1. The van der Waals surface area contributed by atoms with E-state index < -0.39 is 24.0 Å². The molecule has 0 aliphatic carbocycles. The van der Waals surface area contributed by atoms with Crippen molar-refractivity contribution in [3.8, 4) is 11.3 Å². The fourth-order valence-electron chi connectivity index (χ4n) is 4.69. The van der Waals surface area contributed by atoms with Gasteiger partial charge in [0, 0.05) is 15.1 Å². The highest BCUT2D eigenvalue weighted by Crippen LogP contribution is 2.48. The monoisotopic (exact) mass is 582 g/mol. The summed E-state index contributed by atoms with van der Waals surface area (Å²) in [6.07, 6.45) is -0.987. The van der Waals surface area contributed by atoms with Crippen molar-refractivity contribution in [1.82, 2.24) is 0 Å². The quantitative estimate of drug-likeness (QED) is 0.240. The Bertz CT molecular complexity index is 1470. The molecule has 0 bridgehead atoms. The fraction of sp³-hybridized carbons (Fsp3) is 0.111. The summed E-state index contributed by atoms with van der Waals surface area (Å²) in [5.74, 6) is -0.571. The largest absolute Gasteiger partial charge is 0.459 e. The number of hydrogen-bond acceptors (Lipinski definition) is 5. The number of halogens is 3. The summed E-state index contributed by atoms with van der Waals surface area (Å²) in [4.78, 5) is 34.5. The summed E-state index contributed by atoms with van der Waals surface area (Å²) in [6.45, 7) is 0. The first-order valence-corrected chi connectivity index (χ1v) is 12.7. The molecule has 6 nitrogen and oxygen atoms in total. The number of hydroxylamine groups is 1. The zero-order chi connectivity index (χ0) is 25.0. The molecule has 180 valence electrons. The summed E-state index contributed by atoms with van der Waals surface area (Å²) >= 11 is 15.8. The first kappa shape index (κ1) is 23.3. The van der Waals surface area contributed by atoms with Crippen LogP contribution in [0.1, 0.15) is 11.8 Å². The first-order chi connectivity index (χ1) is 17.4. The molecule has 2 saturated heterocycles. The van der Waals surface area contributed by atoms with E-state index in [-0.39, 0.29) is 5.91 Å². The van der Waals surface area contributed by atoms with Gasteiger partial charge in [0.1, 0.15) is 23.5 Å². The van der Waals surface area contributed by atoms with Crippen LogP contribution in [0.25, 0.3) is 11.3 Å². The highest BCUT2D eigenvalue weighted by Gasteiger charge is 2.61. The molecule has 6 rings (SSSR count). The summed E-state index contributed by atoms with van der Waals surface area (Å²) in [6, 6.07) is 24.4. The summed E-state index contributed by atoms with van der Waals surface area (Å²) in [7, 11) is 0. The van der Waals surface area contributed by atoms with Crippen molar-refractivity contribution < 1.29 is 18.8 Å². The average molecular weight is 584 g/mol. The number of carbonyl (C=O) groups is 2. The molecule has 9 heteroatoms. The Morgan fingerprint density at radius 1 is 0.806 bits per heavy atom. The van der Waals surface area contributed by atoms with Gasteiger partial charge in [0.15, 0.2) is 6.10 Å². The van der Waals surface area contributed by atoms with Crippen molar-refractivity contribution in [1.29, 1.82) is 0 Å². The minimum Gasteiger partial charge on any atom is -0.459 e. The number of amides is 2. The van der Waals surface area contributed by atoms with Gasteiger partial charge in [-0.15, -0.1) is 0 Å². The van der Waals surface area contributed by atoms with E-state index in [2.05, 4.69) is 15.9 Å². The van der Waals surface area contributed by atoms with Gasteiger partial charge in [0.2, 0.25) is 5.91 Å². The van der Waals surface area contributed by atoms with Crippen LogP contribution in [0.15, 0.2) is 93.8 Å². The highest BCUT2D eigenvalue weighted by molar-refractivity contribution is 9.10. The zero-order valence-corrected chi connectivity index (χ0v) is 21.6. The number of nitrogens with zero attached hydrogens (tertiary/aromatic N) is 2. The van der Waals surface area contributed by atoms with E-state index in [0.29, 0.717) is 38.5 Å². The van der Waals surface area contributed by atoms with Crippen LogP contribution in [-0.4, -0.2) is 17.9 Å². The van der Waals surface area contributed by atoms with Crippen LogP contribution in [0.3, 0.4) is 0 Å². The summed E-state index contributed by atoms with van der Waals surface area (Å²) in [5.41, 5.74) is 1.86. The van der Waals surface area contributed by atoms with Gasteiger partial charge >= 0.3 is 0 Å². The lowest BCUT2D eigenvalue weighted by Crippen LogP contribution is -2.37. The molecule has 4 aromatic rings. The lowest BCUT2D eigenvalue weighted by molar-refractivity contribution is -0.126. The van der Waals surface area contributed by atoms with Gasteiger partial charge in [-0.1, -0.05) is 57.3 Å². The predicted molar refractivity (Wildman–Crippen MR) is 141 cm³/mol. The molecular weight excluding hydrogens is 567 g/mol. The van der Waals surface area contributed by atoms with E-state index in [9.17, 15) is 9.59 Å². The predicted octanol–water partition coefficient (Wildman–Crippen LogP) is 7.07. The first-order valence-electron chi connectivity index (χ1n) is 11.1. The maximum absolute atomic E-state index is 13.7. The second-order valence-electron chi connectivity index (χ2n) is 8.47. The minimum absolute atomic E-state index is 0.349. The molecule has 2 fully saturated rings. The van der Waals surface area contributed by atoms with E-state index in [1.54, 1.807) is 59.7 Å². The van der Waals surface area contributed by atoms with Crippen LogP contribution in [0.2, 0.25) is 10.0 Å². The molecular formula is C27H17BrCl2N2O4. The second-order valence-corrected chi connectivity index (χ2v) is 10.2. The van der Waals surface area contributed by atoms with Gasteiger partial charge in [-0.3, -0.25) is 14.4 Å². The van der Waals surface area contributed by atoms with Crippen molar-refractivity contribution in [2.75, 3.05) is 9.96 Å². The van der Waals surface area contributed by atoms with Crippen molar-refractivity contribution in [2.24, 2.45) is 5.92 Å². The van der Waals surface area contributed by atoms with Crippen molar-refractivity contribution in [3.63, 3.8) is 0 Å². The Morgan fingerprint density at radius 3 is 2.28 bits per heavy atom. The maximum Gasteiger partial charge on any atom is 0.266 e. The Kier molecular flexibility index (Phi) is 5.88. The fourth-order valence-corrected chi connectivity index (χ4v) is 5.46. The Morgan fingerprint density at radius 2 is 1.56 bits per heavy atom. The standard InChI is InChI=1S/C27H17BrCl2N2O4/c28-15-6-9-17(10-7-15)31-26(33)23-24(32(36-25(23)27(31)34)18-4-2-1-3-5-18)22-13-12-21(35-22)19-11-8-16(29)14-20(19)30/h1-14,23-25H/t23-,24+,25+/m0/s1. The van der Waals surface area contributed by atoms with Crippen LogP contribution < -0.4 is 9.96 Å². The van der Waals surface area contributed by atoms with Crippen LogP contribution in [0.4, 0.5) is 11.4 Å². The van der Waals surface area contributed by atoms with Gasteiger partial charge in [-0.25, -0.2) is 9.96 Å². The number of imide groups is 1. The Labute approximate surface area is 225 Å². The van der Waals surface area contributed by atoms with E-state index in [0.717, 1.165) is 4.47 Å². The molecule has 0 radical (unpaired) electrons. The zero-order valence-electron chi connectivity index (χ0n) is 18.5. The molecule has 0 saturated carbocycles. The number of benzene rings is 3. The van der Waals surface area contributed by atoms with Crippen LogP contribution in [0.5, 0.6) is 0 Å². The number of carbonyl (C=O) groups excluding carboxylic acids is 2. The van der Waals surface area contributed by atoms with Crippen LogP contribution in [0, 0.1) is 5.92 Å². The van der Waals surface area contributed by atoms with Crippen molar-refractivity contribution in [2.45, 2.75) is 12.1 Å². The van der Waals surface area contributed by atoms with Crippen molar-refractivity contribution >= 4 is 62.3 Å². The molecule has 3 atom stereocenters. The molecule has 0 spiro atoms. The van der Waals surface area contributed by atoms with E-state index in [1.807, 2.05) is 30.3 Å². The maximum atomic E-state index is 13.7. The minimum atomic E-state index is -0.987. The van der Waals surface area contributed by atoms with Crippen LogP contribution >= 0.6 is 39.1 Å². The number of anilines is 2. The van der Waals surface area contributed by atoms with E-state index in [4.69, 9.17) is 32.5 Å². The summed E-state index contributed by atoms with van der Waals surface area (Å²) < 4.78 is 7.08. The van der Waals surface area contributed by atoms with E-state index >= 15 is 0 Å². The van der Waals surface area contributed by atoms with Gasteiger partial charge in [0.25, 0.3) is 5.91 Å². The lowest BCUT2D eigenvalue weighted by atomic mass is 9.94. The van der Waals surface area contributed by atoms with Gasteiger partial charge in [-0.05, 0) is 66.7 Å². The third kappa shape index (κ3) is 3.83. The molecule has 2 aliphatic rings. The molecule has 36 heavy (non-hydrogen) atoms. The molecule has 0 N–H and O–H groups in total. The number of hydrogen-bond donors (Lipinski definition) is 0. The molecule has 2 aliphatic heterocycles. The molecule has 3 aromatic carbocycles. The number of rotatable bonds is 4. The van der Waals surface area contributed by atoms with Gasteiger partial charge < -0.3 is 4.42 Å². The Balaban J connectivity index is 1.42.